The van der Waals surface area contributed by atoms with Crippen LogP contribution < -0.4 is 15.4 Å². The van der Waals surface area contributed by atoms with Gasteiger partial charge in [0.2, 0.25) is 5.91 Å². The van der Waals surface area contributed by atoms with Gasteiger partial charge in [0.05, 0.1) is 13.2 Å². The maximum absolute atomic E-state index is 11.7. The summed E-state index contributed by atoms with van der Waals surface area (Å²) in [6, 6.07) is 7.68. The molecule has 0 fully saturated rings. The van der Waals surface area contributed by atoms with Gasteiger partial charge in [-0.15, -0.1) is 0 Å². The largest absolute Gasteiger partial charge is 0.496 e. The lowest BCUT2D eigenvalue weighted by molar-refractivity contribution is -0.121. The summed E-state index contributed by atoms with van der Waals surface area (Å²) in [7, 11) is 1.64. The number of carbonyl (C=O) groups is 1. The molecule has 0 radical (unpaired) electrons. The molecule has 1 aromatic rings. The van der Waals surface area contributed by atoms with Crippen LogP contribution in [0.1, 0.15) is 31.9 Å². The predicted molar refractivity (Wildman–Crippen MR) is 72.7 cm³/mol. The minimum atomic E-state index is -0.0460. The second-order valence-corrected chi connectivity index (χ2v) is 4.13. The van der Waals surface area contributed by atoms with Crippen molar-refractivity contribution in [3.05, 3.63) is 29.8 Å². The molecule has 100 valence electrons. The van der Waals surface area contributed by atoms with Crippen molar-refractivity contribution in [2.24, 2.45) is 0 Å². The van der Waals surface area contributed by atoms with E-state index in [1.54, 1.807) is 7.11 Å². The Morgan fingerprint density at radius 2 is 2.11 bits per heavy atom. The van der Waals surface area contributed by atoms with Crippen LogP contribution in [0.3, 0.4) is 0 Å². The van der Waals surface area contributed by atoms with Gasteiger partial charge < -0.3 is 15.4 Å². The topological polar surface area (TPSA) is 50.4 Å². The van der Waals surface area contributed by atoms with Crippen LogP contribution in [0, 0.1) is 0 Å². The van der Waals surface area contributed by atoms with E-state index in [4.69, 9.17) is 4.74 Å². The van der Waals surface area contributed by atoms with Crippen LogP contribution in [0.2, 0.25) is 0 Å². The van der Waals surface area contributed by atoms with Crippen molar-refractivity contribution in [1.82, 2.24) is 10.6 Å². The average molecular weight is 250 g/mol. The first-order chi connectivity index (χ1) is 8.69. The van der Waals surface area contributed by atoms with E-state index in [2.05, 4.69) is 10.6 Å². The zero-order valence-electron chi connectivity index (χ0n) is 11.3. The van der Waals surface area contributed by atoms with Crippen molar-refractivity contribution in [2.45, 2.75) is 26.3 Å². The number of hydrogen-bond acceptors (Lipinski definition) is 3. The van der Waals surface area contributed by atoms with Crippen LogP contribution in [-0.2, 0) is 4.79 Å². The molecule has 18 heavy (non-hydrogen) atoms. The van der Waals surface area contributed by atoms with Crippen LogP contribution >= 0.6 is 0 Å². The van der Waals surface area contributed by atoms with Gasteiger partial charge >= 0.3 is 0 Å². The summed E-state index contributed by atoms with van der Waals surface area (Å²) in [6.45, 7) is 5.58. The maximum Gasteiger partial charge on any atom is 0.221 e. The van der Waals surface area contributed by atoms with Gasteiger partial charge in [-0.3, -0.25) is 4.79 Å². The summed E-state index contributed by atoms with van der Waals surface area (Å²) in [5.74, 6) is 0.853. The minimum Gasteiger partial charge on any atom is -0.496 e. The molecule has 1 amide bonds. The van der Waals surface area contributed by atoms with Crippen LogP contribution in [-0.4, -0.2) is 26.1 Å². The van der Waals surface area contributed by atoms with Gasteiger partial charge in [0.15, 0.2) is 0 Å². The predicted octanol–water partition coefficient (Wildman–Crippen LogP) is 1.87. The lowest BCUT2D eigenvalue weighted by atomic mass is 10.1. The highest BCUT2D eigenvalue weighted by molar-refractivity contribution is 5.76. The van der Waals surface area contributed by atoms with Crippen LogP contribution in [0.15, 0.2) is 24.3 Å². The third-order valence-corrected chi connectivity index (χ3v) is 2.76. The number of carbonyl (C=O) groups excluding carboxylic acids is 1. The number of methoxy groups -OCH3 is 1. The number of hydrogen-bond donors (Lipinski definition) is 2. The molecule has 0 saturated carbocycles. The summed E-state index contributed by atoms with van der Waals surface area (Å²) in [6.07, 6.45) is 0.493. The normalized spacial score (nSPS) is 11.9. The molecule has 4 heteroatoms. The standard InChI is InChI=1S/C14H22N2O2/c1-4-15-10-9-14(17)16-11(2)12-7-5-6-8-13(12)18-3/h5-8,11,15H,4,9-10H2,1-3H3,(H,16,17)/t11-/m1/s1. The monoisotopic (exact) mass is 250 g/mol. The van der Waals surface area contributed by atoms with Crippen LogP contribution in [0.4, 0.5) is 0 Å². The van der Waals surface area contributed by atoms with Gasteiger partial charge in [-0.2, -0.15) is 0 Å². The minimum absolute atomic E-state index is 0.0460. The molecule has 0 aliphatic rings. The lowest BCUT2D eigenvalue weighted by Crippen LogP contribution is -2.30. The molecular weight excluding hydrogens is 228 g/mol. The lowest BCUT2D eigenvalue weighted by Gasteiger charge is -2.17. The van der Waals surface area contributed by atoms with Gasteiger partial charge in [-0.1, -0.05) is 25.1 Å². The first-order valence-corrected chi connectivity index (χ1v) is 6.32. The number of ether oxygens (including phenoxy) is 1. The van der Waals surface area contributed by atoms with Crippen molar-refractivity contribution >= 4 is 5.91 Å². The second-order valence-electron chi connectivity index (χ2n) is 4.13. The molecule has 0 aliphatic carbocycles. The Morgan fingerprint density at radius 1 is 1.39 bits per heavy atom. The molecular formula is C14H22N2O2. The number of para-hydroxylation sites is 1. The molecule has 4 nitrogen and oxygen atoms in total. The summed E-state index contributed by atoms with van der Waals surface area (Å²) in [5, 5.41) is 6.10. The van der Waals surface area contributed by atoms with Crippen molar-refractivity contribution in [1.29, 1.82) is 0 Å². The fourth-order valence-electron chi connectivity index (χ4n) is 1.79. The third-order valence-electron chi connectivity index (χ3n) is 2.76. The number of benzene rings is 1. The molecule has 0 bridgehead atoms. The molecule has 1 atom stereocenters. The highest BCUT2D eigenvalue weighted by atomic mass is 16.5. The molecule has 2 N–H and O–H groups in total. The zero-order chi connectivity index (χ0) is 13.4. The van der Waals surface area contributed by atoms with Gasteiger partial charge in [0.1, 0.15) is 5.75 Å². The fourth-order valence-corrected chi connectivity index (χ4v) is 1.79. The quantitative estimate of drug-likeness (QED) is 0.726. The zero-order valence-corrected chi connectivity index (χ0v) is 11.3. The van der Waals surface area contributed by atoms with Gasteiger partial charge in [-0.05, 0) is 19.5 Å². The third kappa shape index (κ3) is 4.37. The molecule has 0 heterocycles. The Morgan fingerprint density at radius 3 is 2.78 bits per heavy atom. The smallest absolute Gasteiger partial charge is 0.221 e. The van der Waals surface area contributed by atoms with E-state index in [0.29, 0.717) is 13.0 Å². The van der Waals surface area contributed by atoms with E-state index < -0.39 is 0 Å². The second kappa shape index (κ2) is 7.71. The maximum atomic E-state index is 11.7. The molecule has 1 rings (SSSR count). The van der Waals surface area contributed by atoms with E-state index in [1.807, 2.05) is 38.1 Å². The number of amides is 1. The summed E-state index contributed by atoms with van der Waals surface area (Å²) >= 11 is 0. The van der Waals surface area contributed by atoms with Crippen molar-refractivity contribution in [3.63, 3.8) is 0 Å². The van der Waals surface area contributed by atoms with E-state index in [-0.39, 0.29) is 11.9 Å². The van der Waals surface area contributed by atoms with Gasteiger partial charge in [-0.25, -0.2) is 0 Å². The molecule has 0 spiro atoms. The van der Waals surface area contributed by atoms with Crippen LogP contribution in [0.5, 0.6) is 5.75 Å². The van der Waals surface area contributed by atoms with E-state index in [9.17, 15) is 4.79 Å². The van der Waals surface area contributed by atoms with Crippen LogP contribution in [0.25, 0.3) is 0 Å². The van der Waals surface area contributed by atoms with Crippen molar-refractivity contribution in [3.8, 4) is 5.75 Å². The van der Waals surface area contributed by atoms with E-state index in [1.165, 1.54) is 0 Å². The van der Waals surface area contributed by atoms with E-state index >= 15 is 0 Å². The fraction of sp³-hybridized carbons (Fsp3) is 0.500. The van der Waals surface area contributed by atoms with E-state index in [0.717, 1.165) is 17.9 Å². The molecule has 1 aromatic carbocycles. The highest BCUT2D eigenvalue weighted by Gasteiger charge is 2.12. The molecule has 0 aliphatic heterocycles. The number of rotatable bonds is 7. The Bertz CT molecular complexity index is 380. The Labute approximate surface area is 109 Å². The Balaban J connectivity index is 2.53. The van der Waals surface area contributed by atoms with Gasteiger partial charge in [0.25, 0.3) is 0 Å². The Kier molecular flexibility index (Phi) is 6.22. The highest BCUT2D eigenvalue weighted by Crippen LogP contribution is 2.24. The SMILES string of the molecule is CCNCCC(=O)N[C@H](C)c1ccccc1OC. The van der Waals surface area contributed by atoms with Crippen molar-refractivity contribution < 1.29 is 9.53 Å². The molecule has 0 unspecified atom stereocenters. The Hall–Kier alpha value is -1.55. The van der Waals surface area contributed by atoms with Crippen molar-refractivity contribution in [2.75, 3.05) is 20.2 Å². The first-order valence-electron chi connectivity index (χ1n) is 6.32. The van der Waals surface area contributed by atoms with Gasteiger partial charge in [0, 0.05) is 18.5 Å². The number of nitrogens with one attached hydrogen (secondary N) is 2. The average Bonchev–Trinajstić information content (AvgIpc) is 2.39. The molecule has 0 aromatic heterocycles. The summed E-state index contributed by atoms with van der Waals surface area (Å²) < 4.78 is 5.28. The summed E-state index contributed by atoms with van der Waals surface area (Å²) in [5.41, 5.74) is 0.997. The summed E-state index contributed by atoms with van der Waals surface area (Å²) in [4.78, 5) is 11.7. The molecule has 0 saturated heterocycles. The first kappa shape index (κ1) is 14.5.